The molecule has 0 saturated carbocycles. The summed E-state index contributed by atoms with van der Waals surface area (Å²) in [5, 5.41) is 3.09. The van der Waals surface area contributed by atoms with Crippen LogP contribution in [0.2, 0.25) is 0 Å². The first kappa shape index (κ1) is 10.5. The van der Waals surface area contributed by atoms with Crippen LogP contribution in [-0.4, -0.2) is 21.5 Å². The highest BCUT2D eigenvalue weighted by molar-refractivity contribution is 5.58. The third kappa shape index (κ3) is 2.34. The van der Waals surface area contributed by atoms with Gasteiger partial charge in [-0.25, -0.2) is 9.97 Å². The Kier molecular flexibility index (Phi) is 3.10. The van der Waals surface area contributed by atoms with Gasteiger partial charge >= 0.3 is 0 Å². The molecule has 0 aromatic carbocycles. The highest BCUT2D eigenvalue weighted by atomic mass is 15.1. The lowest BCUT2D eigenvalue weighted by atomic mass is 10.2. The Labute approximate surface area is 94.8 Å². The molecule has 0 radical (unpaired) electrons. The van der Waals surface area contributed by atoms with Crippen molar-refractivity contribution in [1.29, 1.82) is 0 Å². The molecule has 1 N–H and O–H groups in total. The van der Waals surface area contributed by atoms with Gasteiger partial charge in [0.05, 0.1) is 5.69 Å². The predicted molar refractivity (Wildman–Crippen MR) is 64.2 cm³/mol. The van der Waals surface area contributed by atoms with Gasteiger partial charge in [0.25, 0.3) is 0 Å². The lowest BCUT2D eigenvalue weighted by Crippen LogP contribution is -2.02. The van der Waals surface area contributed by atoms with Gasteiger partial charge in [-0.05, 0) is 32.0 Å². The molecule has 0 aliphatic heterocycles. The highest BCUT2D eigenvalue weighted by Crippen LogP contribution is 2.16. The van der Waals surface area contributed by atoms with Crippen molar-refractivity contribution in [2.24, 2.45) is 0 Å². The Bertz CT molecular complexity index is 465. The molecule has 0 aliphatic rings. The molecule has 2 aromatic heterocycles. The van der Waals surface area contributed by atoms with Crippen molar-refractivity contribution >= 4 is 5.95 Å². The summed E-state index contributed by atoms with van der Waals surface area (Å²) in [6.45, 7) is 4.80. The molecular weight excluding hydrogens is 200 g/mol. The number of aromatic nitrogens is 3. The van der Waals surface area contributed by atoms with E-state index >= 15 is 0 Å². The van der Waals surface area contributed by atoms with Gasteiger partial charge in [-0.15, -0.1) is 0 Å². The monoisotopic (exact) mass is 214 g/mol. The van der Waals surface area contributed by atoms with Crippen molar-refractivity contribution in [3.8, 4) is 11.3 Å². The third-order valence-corrected chi connectivity index (χ3v) is 2.20. The largest absolute Gasteiger partial charge is 0.354 e. The molecule has 4 nitrogen and oxygen atoms in total. The van der Waals surface area contributed by atoms with E-state index in [4.69, 9.17) is 0 Å². The number of rotatable bonds is 3. The van der Waals surface area contributed by atoms with E-state index in [-0.39, 0.29) is 0 Å². The molecule has 0 bridgehead atoms. The molecule has 0 spiro atoms. The molecule has 0 saturated heterocycles. The lowest BCUT2D eigenvalue weighted by molar-refractivity contribution is 1.08. The van der Waals surface area contributed by atoms with Crippen LogP contribution in [-0.2, 0) is 0 Å². The molecule has 2 rings (SSSR count). The molecule has 16 heavy (non-hydrogen) atoms. The number of hydrogen-bond acceptors (Lipinski definition) is 4. The smallest absolute Gasteiger partial charge is 0.223 e. The Balaban J connectivity index is 2.32. The number of anilines is 1. The molecule has 2 heterocycles. The minimum atomic E-state index is 0.653. The SMILES string of the molecule is CCNc1nccc(-c2ccc(C)nc2)n1. The van der Waals surface area contributed by atoms with Crippen LogP contribution in [0.25, 0.3) is 11.3 Å². The molecule has 0 atom stereocenters. The topological polar surface area (TPSA) is 50.7 Å². The minimum Gasteiger partial charge on any atom is -0.354 e. The van der Waals surface area contributed by atoms with Gasteiger partial charge in [-0.1, -0.05) is 0 Å². The van der Waals surface area contributed by atoms with Crippen molar-refractivity contribution in [2.75, 3.05) is 11.9 Å². The van der Waals surface area contributed by atoms with Crippen LogP contribution in [0.4, 0.5) is 5.95 Å². The van der Waals surface area contributed by atoms with E-state index in [1.807, 2.05) is 38.2 Å². The first-order chi connectivity index (χ1) is 7.79. The van der Waals surface area contributed by atoms with Gasteiger partial charge in [-0.2, -0.15) is 0 Å². The standard InChI is InChI=1S/C12H14N4/c1-3-13-12-14-7-6-11(16-12)10-5-4-9(2)15-8-10/h4-8H,3H2,1-2H3,(H,13,14,16). The van der Waals surface area contributed by atoms with Crippen molar-refractivity contribution in [1.82, 2.24) is 15.0 Å². The zero-order valence-electron chi connectivity index (χ0n) is 9.44. The Morgan fingerprint density at radius 3 is 2.75 bits per heavy atom. The third-order valence-electron chi connectivity index (χ3n) is 2.20. The van der Waals surface area contributed by atoms with E-state index in [9.17, 15) is 0 Å². The number of pyridine rings is 1. The van der Waals surface area contributed by atoms with Crippen LogP contribution in [0.15, 0.2) is 30.6 Å². The summed E-state index contributed by atoms with van der Waals surface area (Å²) < 4.78 is 0. The first-order valence-electron chi connectivity index (χ1n) is 5.29. The summed E-state index contributed by atoms with van der Waals surface area (Å²) in [4.78, 5) is 12.8. The first-order valence-corrected chi connectivity index (χ1v) is 5.29. The summed E-state index contributed by atoms with van der Waals surface area (Å²) in [6, 6.07) is 5.87. The Hall–Kier alpha value is -1.97. The fourth-order valence-electron chi connectivity index (χ4n) is 1.38. The summed E-state index contributed by atoms with van der Waals surface area (Å²) in [7, 11) is 0. The molecule has 2 aromatic rings. The van der Waals surface area contributed by atoms with Gasteiger partial charge in [0.2, 0.25) is 5.95 Å². The second-order valence-corrected chi connectivity index (χ2v) is 3.48. The lowest BCUT2D eigenvalue weighted by Gasteiger charge is -2.04. The maximum atomic E-state index is 4.40. The van der Waals surface area contributed by atoms with Crippen molar-refractivity contribution in [3.05, 3.63) is 36.3 Å². The fraction of sp³-hybridized carbons (Fsp3) is 0.250. The Morgan fingerprint density at radius 1 is 1.19 bits per heavy atom. The van der Waals surface area contributed by atoms with Crippen LogP contribution in [0.5, 0.6) is 0 Å². The van der Waals surface area contributed by atoms with Gasteiger partial charge in [0.15, 0.2) is 0 Å². The molecule has 4 heteroatoms. The van der Waals surface area contributed by atoms with Crippen LogP contribution in [0, 0.1) is 6.92 Å². The highest BCUT2D eigenvalue weighted by Gasteiger charge is 2.01. The van der Waals surface area contributed by atoms with E-state index in [1.165, 1.54) is 0 Å². The normalized spacial score (nSPS) is 10.1. The molecule has 0 unspecified atom stereocenters. The van der Waals surface area contributed by atoms with Gasteiger partial charge < -0.3 is 5.32 Å². The second kappa shape index (κ2) is 4.70. The summed E-state index contributed by atoms with van der Waals surface area (Å²) in [6.07, 6.45) is 3.58. The molecule has 82 valence electrons. The van der Waals surface area contributed by atoms with E-state index in [0.29, 0.717) is 5.95 Å². The van der Waals surface area contributed by atoms with Crippen LogP contribution < -0.4 is 5.32 Å². The Morgan fingerprint density at radius 2 is 2.06 bits per heavy atom. The van der Waals surface area contributed by atoms with Crippen molar-refractivity contribution in [3.63, 3.8) is 0 Å². The number of aryl methyl sites for hydroxylation is 1. The van der Waals surface area contributed by atoms with Crippen LogP contribution in [0.1, 0.15) is 12.6 Å². The average Bonchev–Trinajstić information content (AvgIpc) is 2.31. The van der Waals surface area contributed by atoms with Crippen LogP contribution >= 0.6 is 0 Å². The van der Waals surface area contributed by atoms with Gasteiger partial charge in [0, 0.05) is 30.2 Å². The molecule has 0 fully saturated rings. The zero-order chi connectivity index (χ0) is 11.4. The number of hydrogen-bond donors (Lipinski definition) is 1. The van der Waals surface area contributed by atoms with Crippen molar-refractivity contribution < 1.29 is 0 Å². The predicted octanol–water partition coefficient (Wildman–Crippen LogP) is 2.28. The minimum absolute atomic E-state index is 0.653. The van der Waals surface area contributed by atoms with E-state index in [2.05, 4.69) is 20.3 Å². The maximum absolute atomic E-state index is 4.40. The maximum Gasteiger partial charge on any atom is 0.223 e. The molecule has 0 amide bonds. The average molecular weight is 214 g/mol. The summed E-state index contributed by atoms with van der Waals surface area (Å²) in [5.41, 5.74) is 2.90. The van der Waals surface area contributed by atoms with Crippen LogP contribution in [0.3, 0.4) is 0 Å². The molecule has 0 aliphatic carbocycles. The zero-order valence-corrected chi connectivity index (χ0v) is 9.44. The van der Waals surface area contributed by atoms with E-state index in [0.717, 1.165) is 23.5 Å². The molecular formula is C12H14N4. The van der Waals surface area contributed by atoms with Crippen molar-refractivity contribution in [2.45, 2.75) is 13.8 Å². The second-order valence-electron chi connectivity index (χ2n) is 3.48. The number of nitrogens with zero attached hydrogens (tertiary/aromatic N) is 3. The quantitative estimate of drug-likeness (QED) is 0.851. The fourth-order valence-corrected chi connectivity index (χ4v) is 1.38. The van der Waals surface area contributed by atoms with E-state index < -0.39 is 0 Å². The summed E-state index contributed by atoms with van der Waals surface area (Å²) >= 11 is 0. The van der Waals surface area contributed by atoms with E-state index in [1.54, 1.807) is 6.20 Å². The van der Waals surface area contributed by atoms with Gasteiger partial charge in [0.1, 0.15) is 0 Å². The number of nitrogens with one attached hydrogen (secondary N) is 1. The van der Waals surface area contributed by atoms with Gasteiger partial charge in [-0.3, -0.25) is 4.98 Å². The summed E-state index contributed by atoms with van der Waals surface area (Å²) in [5.74, 6) is 0.653.